The van der Waals surface area contributed by atoms with Crippen LogP contribution in [0.2, 0.25) is 0 Å². The fourth-order valence-corrected chi connectivity index (χ4v) is 3.30. The molecule has 2 aromatic carbocycles. The second kappa shape index (κ2) is 15.3. The number of hydrogen-bond acceptors (Lipinski definition) is 8. The maximum Gasteiger partial charge on any atom is 0.162 e. The Kier molecular flexibility index (Phi) is 12.3. The van der Waals surface area contributed by atoms with E-state index in [1.54, 1.807) is 26.4 Å². The molecule has 0 fully saturated rings. The fourth-order valence-electron chi connectivity index (χ4n) is 3.30. The van der Waals surface area contributed by atoms with Crippen LogP contribution in [0.4, 0.5) is 0 Å². The van der Waals surface area contributed by atoms with Crippen LogP contribution < -0.4 is 30.7 Å². The molecular formula is C24H38N4O4. The molecule has 0 aromatic heterocycles. The van der Waals surface area contributed by atoms with Gasteiger partial charge in [0, 0.05) is 37.3 Å². The van der Waals surface area contributed by atoms with Crippen molar-refractivity contribution in [3.05, 3.63) is 47.5 Å². The van der Waals surface area contributed by atoms with Gasteiger partial charge in [0.15, 0.2) is 23.0 Å². The van der Waals surface area contributed by atoms with E-state index in [4.69, 9.17) is 9.47 Å². The minimum Gasteiger partial charge on any atom is -0.504 e. The quantitative estimate of drug-likeness (QED) is 0.205. The highest BCUT2D eigenvalue weighted by atomic mass is 16.5. The lowest BCUT2D eigenvalue weighted by atomic mass is 10.2. The first kappa shape index (κ1) is 25.7. The summed E-state index contributed by atoms with van der Waals surface area (Å²) >= 11 is 0. The third-order valence-electron chi connectivity index (χ3n) is 5.13. The van der Waals surface area contributed by atoms with Crippen molar-refractivity contribution in [3.63, 3.8) is 0 Å². The van der Waals surface area contributed by atoms with Gasteiger partial charge in [0.2, 0.25) is 0 Å². The third kappa shape index (κ3) is 8.92. The highest BCUT2D eigenvalue weighted by Crippen LogP contribution is 2.29. The van der Waals surface area contributed by atoms with Crippen LogP contribution in [0.1, 0.15) is 24.0 Å². The van der Waals surface area contributed by atoms with Crippen molar-refractivity contribution in [2.45, 2.75) is 25.9 Å². The first-order chi connectivity index (χ1) is 15.7. The van der Waals surface area contributed by atoms with E-state index in [-0.39, 0.29) is 11.5 Å². The summed E-state index contributed by atoms with van der Waals surface area (Å²) in [7, 11) is 3.11. The van der Waals surface area contributed by atoms with Gasteiger partial charge in [0.1, 0.15) is 0 Å². The minimum atomic E-state index is 0.209. The van der Waals surface area contributed by atoms with Gasteiger partial charge in [-0.05, 0) is 51.2 Å². The molecule has 0 saturated carbocycles. The lowest BCUT2D eigenvalue weighted by Crippen LogP contribution is -2.30. The number of hydrogen-bond donors (Lipinski definition) is 6. The fraction of sp³-hybridized carbons (Fsp3) is 0.500. The molecule has 0 spiro atoms. The zero-order chi connectivity index (χ0) is 23.0. The topological polar surface area (TPSA) is 107 Å². The highest BCUT2D eigenvalue weighted by molar-refractivity contribution is 5.45. The SMILES string of the molecule is COc1cccc(CNCCCNCCNCCCNCc2cccc(OC)c2O)c1O. The molecule has 0 unspecified atom stereocenters. The van der Waals surface area contributed by atoms with Crippen LogP contribution in [0.3, 0.4) is 0 Å². The van der Waals surface area contributed by atoms with Crippen molar-refractivity contribution in [2.75, 3.05) is 53.5 Å². The maximum absolute atomic E-state index is 10.1. The van der Waals surface area contributed by atoms with E-state index >= 15 is 0 Å². The third-order valence-corrected chi connectivity index (χ3v) is 5.13. The number of methoxy groups -OCH3 is 2. The summed E-state index contributed by atoms with van der Waals surface area (Å²) in [5, 5.41) is 33.7. The molecule has 0 saturated heterocycles. The number of nitrogens with one attached hydrogen (secondary N) is 4. The van der Waals surface area contributed by atoms with E-state index in [1.807, 2.05) is 24.3 Å². The molecule has 178 valence electrons. The minimum absolute atomic E-state index is 0.209. The molecule has 0 amide bonds. The Morgan fingerprint density at radius 3 is 1.41 bits per heavy atom. The molecule has 2 rings (SSSR count). The molecule has 0 atom stereocenters. The molecule has 8 heteroatoms. The molecule has 32 heavy (non-hydrogen) atoms. The molecule has 8 nitrogen and oxygen atoms in total. The van der Waals surface area contributed by atoms with Crippen molar-refractivity contribution in [1.29, 1.82) is 0 Å². The molecule has 6 N–H and O–H groups in total. The molecule has 0 aliphatic carbocycles. The van der Waals surface area contributed by atoms with Crippen LogP contribution >= 0.6 is 0 Å². The number of ether oxygens (including phenoxy) is 2. The monoisotopic (exact) mass is 446 g/mol. The van der Waals surface area contributed by atoms with Crippen molar-refractivity contribution in [2.24, 2.45) is 0 Å². The normalized spacial score (nSPS) is 10.9. The Morgan fingerprint density at radius 2 is 1.00 bits per heavy atom. The zero-order valence-corrected chi connectivity index (χ0v) is 19.2. The Bertz CT molecular complexity index is 723. The Balaban J connectivity index is 1.39. The van der Waals surface area contributed by atoms with E-state index in [0.717, 1.165) is 63.2 Å². The van der Waals surface area contributed by atoms with Crippen LogP contribution in [0.15, 0.2) is 36.4 Å². The molecule has 0 bridgehead atoms. The van der Waals surface area contributed by atoms with Gasteiger partial charge in [-0.2, -0.15) is 0 Å². The molecule has 0 radical (unpaired) electrons. The van der Waals surface area contributed by atoms with E-state index in [9.17, 15) is 10.2 Å². The average molecular weight is 447 g/mol. The summed E-state index contributed by atoms with van der Waals surface area (Å²) in [6, 6.07) is 11.1. The molecule has 0 aliphatic rings. The van der Waals surface area contributed by atoms with Crippen molar-refractivity contribution in [1.82, 2.24) is 21.3 Å². The number of benzene rings is 2. The first-order valence-electron chi connectivity index (χ1n) is 11.2. The summed E-state index contributed by atoms with van der Waals surface area (Å²) in [6.45, 7) is 6.77. The summed E-state index contributed by atoms with van der Waals surface area (Å²) in [5.41, 5.74) is 1.69. The highest BCUT2D eigenvalue weighted by Gasteiger charge is 2.07. The standard InChI is InChI=1S/C24H38N4O4/c1-31-21-9-3-7-19(23(21)29)17-27-13-5-11-25-15-16-26-12-6-14-28-18-20-8-4-10-22(32-2)24(20)30/h3-4,7-10,25-30H,5-6,11-18H2,1-2H3. The molecule has 0 heterocycles. The second-order valence-electron chi connectivity index (χ2n) is 7.50. The summed E-state index contributed by atoms with van der Waals surface area (Å²) in [5.74, 6) is 1.43. The van der Waals surface area contributed by atoms with E-state index in [1.165, 1.54) is 0 Å². The average Bonchev–Trinajstić information content (AvgIpc) is 2.81. The number of phenolic OH excluding ortho intramolecular Hbond substituents is 2. The maximum atomic E-state index is 10.1. The lowest BCUT2D eigenvalue weighted by molar-refractivity contribution is 0.369. The zero-order valence-electron chi connectivity index (χ0n) is 19.2. The van der Waals surface area contributed by atoms with Crippen molar-refractivity contribution in [3.8, 4) is 23.0 Å². The lowest BCUT2D eigenvalue weighted by Gasteiger charge is -2.11. The summed E-state index contributed by atoms with van der Waals surface area (Å²) in [4.78, 5) is 0. The van der Waals surface area contributed by atoms with Gasteiger partial charge >= 0.3 is 0 Å². The molecule has 0 aliphatic heterocycles. The van der Waals surface area contributed by atoms with Crippen LogP contribution in [0.25, 0.3) is 0 Å². The first-order valence-corrected chi connectivity index (χ1v) is 11.2. The van der Waals surface area contributed by atoms with Gasteiger partial charge < -0.3 is 41.0 Å². The number of phenols is 2. The largest absolute Gasteiger partial charge is 0.504 e. The second-order valence-corrected chi connectivity index (χ2v) is 7.50. The van der Waals surface area contributed by atoms with Crippen LogP contribution in [-0.4, -0.2) is 63.7 Å². The van der Waals surface area contributed by atoms with Crippen LogP contribution in [0.5, 0.6) is 23.0 Å². The van der Waals surface area contributed by atoms with Crippen LogP contribution in [-0.2, 0) is 13.1 Å². The predicted molar refractivity (Wildman–Crippen MR) is 128 cm³/mol. The van der Waals surface area contributed by atoms with Gasteiger partial charge in [-0.1, -0.05) is 24.3 Å². The van der Waals surface area contributed by atoms with E-state index in [2.05, 4.69) is 21.3 Å². The van der Waals surface area contributed by atoms with Gasteiger partial charge in [-0.25, -0.2) is 0 Å². The predicted octanol–water partition coefficient (Wildman–Crippen LogP) is 1.95. The Morgan fingerprint density at radius 1 is 0.594 bits per heavy atom. The smallest absolute Gasteiger partial charge is 0.162 e. The van der Waals surface area contributed by atoms with Gasteiger partial charge in [0.25, 0.3) is 0 Å². The Labute approximate surface area is 191 Å². The van der Waals surface area contributed by atoms with Gasteiger partial charge in [0.05, 0.1) is 14.2 Å². The van der Waals surface area contributed by atoms with Crippen molar-refractivity contribution < 1.29 is 19.7 Å². The Hall–Kier alpha value is -2.52. The molecule has 2 aromatic rings. The van der Waals surface area contributed by atoms with Crippen LogP contribution in [0, 0.1) is 0 Å². The van der Waals surface area contributed by atoms with Gasteiger partial charge in [-0.15, -0.1) is 0 Å². The van der Waals surface area contributed by atoms with E-state index in [0.29, 0.717) is 24.6 Å². The van der Waals surface area contributed by atoms with Gasteiger partial charge in [-0.3, -0.25) is 0 Å². The van der Waals surface area contributed by atoms with Crippen molar-refractivity contribution >= 4 is 0 Å². The number of para-hydroxylation sites is 2. The van der Waals surface area contributed by atoms with E-state index < -0.39 is 0 Å². The summed E-state index contributed by atoms with van der Waals surface area (Å²) < 4.78 is 10.2. The summed E-state index contributed by atoms with van der Waals surface area (Å²) in [6.07, 6.45) is 2.04. The molecular weight excluding hydrogens is 408 g/mol. The number of aromatic hydroxyl groups is 2. The number of rotatable bonds is 17.